The van der Waals surface area contributed by atoms with Gasteiger partial charge in [-0.05, 0) is 33.2 Å². The Morgan fingerprint density at radius 3 is 3.00 bits per heavy atom. The zero-order valence-corrected chi connectivity index (χ0v) is 11.4. The summed E-state index contributed by atoms with van der Waals surface area (Å²) in [7, 11) is 0. The highest BCUT2D eigenvalue weighted by Crippen LogP contribution is 2.17. The summed E-state index contributed by atoms with van der Waals surface area (Å²) in [4.78, 5) is 14.5. The maximum Gasteiger partial charge on any atom is 0.239 e. The molecule has 2 saturated heterocycles. The lowest BCUT2D eigenvalue weighted by molar-refractivity contribution is -0.135. The predicted octanol–water partition coefficient (Wildman–Crippen LogP) is -0.0362. The molecule has 18 heavy (non-hydrogen) atoms. The second kappa shape index (κ2) is 6.50. The van der Waals surface area contributed by atoms with Crippen molar-refractivity contribution in [1.82, 2.24) is 15.5 Å². The first kappa shape index (κ1) is 13.8. The SMILES string of the molecule is CC(C)NC(=O)C1COCCN1C1CCCNC1. The number of hydrogen-bond acceptors (Lipinski definition) is 4. The Morgan fingerprint density at radius 2 is 2.33 bits per heavy atom. The van der Waals surface area contributed by atoms with Crippen molar-refractivity contribution in [2.75, 3.05) is 32.8 Å². The molecule has 2 N–H and O–H groups in total. The maximum absolute atomic E-state index is 12.2. The van der Waals surface area contributed by atoms with Crippen LogP contribution in [-0.2, 0) is 9.53 Å². The first-order valence-electron chi connectivity index (χ1n) is 7.03. The van der Waals surface area contributed by atoms with Crippen LogP contribution < -0.4 is 10.6 Å². The zero-order chi connectivity index (χ0) is 13.0. The van der Waals surface area contributed by atoms with E-state index in [0.29, 0.717) is 12.6 Å². The van der Waals surface area contributed by atoms with Gasteiger partial charge < -0.3 is 15.4 Å². The minimum absolute atomic E-state index is 0.107. The third-order valence-electron chi connectivity index (χ3n) is 3.64. The maximum atomic E-state index is 12.2. The number of piperidine rings is 1. The second-order valence-electron chi connectivity index (χ2n) is 5.49. The van der Waals surface area contributed by atoms with E-state index in [-0.39, 0.29) is 18.0 Å². The number of nitrogens with one attached hydrogen (secondary N) is 2. The number of rotatable bonds is 3. The minimum Gasteiger partial charge on any atom is -0.378 e. The molecule has 0 radical (unpaired) electrons. The van der Waals surface area contributed by atoms with Gasteiger partial charge in [0.15, 0.2) is 0 Å². The molecule has 0 bridgehead atoms. The van der Waals surface area contributed by atoms with Crippen LogP contribution in [0.3, 0.4) is 0 Å². The Balaban J connectivity index is 1.98. The number of ether oxygens (including phenoxy) is 1. The molecule has 0 saturated carbocycles. The van der Waals surface area contributed by atoms with E-state index in [1.54, 1.807) is 0 Å². The van der Waals surface area contributed by atoms with Gasteiger partial charge in [0.1, 0.15) is 6.04 Å². The van der Waals surface area contributed by atoms with E-state index < -0.39 is 0 Å². The smallest absolute Gasteiger partial charge is 0.239 e. The van der Waals surface area contributed by atoms with Crippen LogP contribution in [0.15, 0.2) is 0 Å². The molecule has 0 spiro atoms. The summed E-state index contributed by atoms with van der Waals surface area (Å²) < 4.78 is 5.48. The highest BCUT2D eigenvalue weighted by Gasteiger charge is 2.34. The molecule has 5 nitrogen and oxygen atoms in total. The largest absolute Gasteiger partial charge is 0.378 e. The molecule has 2 atom stereocenters. The van der Waals surface area contributed by atoms with E-state index in [9.17, 15) is 4.79 Å². The standard InChI is InChI=1S/C13H25N3O2/c1-10(2)15-13(17)12-9-18-7-6-16(12)11-4-3-5-14-8-11/h10-12,14H,3-9H2,1-2H3,(H,15,17). The van der Waals surface area contributed by atoms with Crippen LogP contribution in [0.1, 0.15) is 26.7 Å². The highest BCUT2D eigenvalue weighted by atomic mass is 16.5. The Kier molecular flexibility index (Phi) is 4.97. The lowest BCUT2D eigenvalue weighted by Crippen LogP contribution is -2.60. The fraction of sp³-hybridized carbons (Fsp3) is 0.923. The normalized spacial score (nSPS) is 30.4. The van der Waals surface area contributed by atoms with Crippen molar-refractivity contribution < 1.29 is 9.53 Å². The summed E-state index contributed by atoms with van der Waals surface area (Å²) in [5.41, 5.74) is 0. The van der Waals surface area contributed by atoms with Gasteiger partial charge >= 0.3 is 0 Å². The molecule has 5 heteroatoms. The molecule has 1 amide bonds. The number of amides is 1. The lowest BCUT2D eigenvalue weighted by Gasteiger charge is -2.42. The minimum atomic E-state index is -0.119. The Morgan fingerprint density at radius 1 is 1.50 bits per heavy atom. The number of carbonyl (C=O) groups is 1. The van der Waals surface area contributed by atoms with E-state index in [1.807, 2.05) is 13.8 Å². The first-order valence-corrected chi connectivity index (χ1v) is 7.03. The summed E-state index contributed by atoms with van der Waals surface area (Å²) in [6, 6.07) is 0.544. The fourth-order valence-electron chi connectivity index (χ4n) is 2.78. The van der Waals surface area contributed by atoms with E-state index in [0.717, 1.165) is 26.2 Å². The molecule has 104 valence electrons. The average molecular weight is 255 g/mol. The number of carbonyl (C=O) groups excluding carboxylic acids is 1. The van der Waals surface area contributed by atoms with Gasteiger partial charge in [-0.1, -0.05) is 0 Å². The summed E-state index contributed by atoms with van der Waals surface area (Å²) in [6.07, 6.45) is 2.37. The van der Waals surface area contributed by atoms with Gasteiger partial charge in [-0.2, -0.15) is 0 Å². The monoisotopic (exact) mass is 255 g/mol. The van der Waals surface area contributed by atoms with Crippen LogP contribution in [0.5, 0.6) is 0 Å². The van der Waals surface area contributed by atoms with E-state index in [4.69, 9.17) is 4.74 Å². The summed E-state index contributed by atoms with van der Waals surface area (Å²) >= 11 is 0. The van der Waals surface area contributed by atoms with E-state index in [2.05, 4.69) is 15.5 Å². The van der Waals surface area contributed by atoms with Gasteiger partial charge in [0.25, 0.3) is 0 Å². The van der Waals surface area contributed by atoms with E-state index in [1.165, 1.54) is 12.8 Å². The van der Waals surface area contributed by atoms with Crippen LogP contribution in [0.4, 0.5) is 0 Å². The van der Waals surface area contributed by atoms with Crippen molar-refractivity contribution in [3.8, 4) is 0 Å². The van der Waals surface area contributed by atoms with Crippen LogP contribution >= 0.6 is 0 Å². The summed E-state index contributed by atoms with van der Waals surface area (Å²) in [5, 5.41) is 6.42. The Labute approximate surface area is 109 Å². The highest BCUT2D eigenvalue weighted by molar-refractivity contribution is 5.82. The molecule has 0 aromatic heterocycles. The molecule has 0 aromatic carbocycles. The quantitative estimate of drug-likeness (QED) is 0.743. The number of nitrogens with zero attached hydrogens (tertiary/aromatic N) is 1. The summed E-state index contributed by atoms with van der Waals surface area (Å²) in [5.74, 6) is 0.107. The van der Waals surface area contributed by atoms with Crippen LogP contribution in [0, 0.1) is 0 Å². The van der Waals surface area contributed by atoms with Crippen LogP contribution in [0.25, 0.3) is 0 Å². The molecule has 2 fully saturated rings. The predicted molar refractivity (Wildman–Crippen MR) is 70.5 cm³/mol. The van der Waals surface area contributed by atoms with Crippen LogP contribution in [-0.4, -0.2) is 61.8 Å². The third kappa shape index (κ3) is 3.43. The molecule has 2 aliphatic rings. The van der Waals surface area contributed by atoms with Gasteiger partial charge in [0.05, 0.1) is 13.2 Å². The van der Waals surface area contributed by atoms with Crippen LogP contribution in [0.2, 0.25) is 0 Å². The van der Waals surface area contributed by atoms with Crippen molar-refractivity contribution in [3.63, 3.8) is 0 Å². The third-order valence-corrected chi connectivity index (χ3v) is 3.64. The topological polar surface area (TPSA) is 53.6 Å². The molecule has 2 aliphatic heterocycles. The molecular formula is C13H25N3O2. The van der Waals surface area contributed by atoms with Gasteiger partial charge in [-0.15, -0.1) is 0 Å². The molecular weight excluding hydrogens is 230 g/mol. The molecule has 2 rings (SSSR count). The summed E-state index contributed by atoms with van der Waals surface area (Å²) in [6.45, 7) is 8.21. The first-order chi connectivity index (χ1) is 8.68. The average Bonchev–Trinajstić information content (AvgIpc) is 2.39. The van der Waals surface area contributed by atoms with Gasteiger partial charge in [0, 0.05) is 25.2 Å². The van der Waals surface area contributed by atoms with Gasteiger partial charge in [-0.3, -0.25) is 9.69 Å². The van der Waals surface area contributed by atoms with Gasteiger partial charge in [-0.25, -0.2) is 0 Å². The van der Waals surface area contributed by atoms with Crippen molar-refractivity contribution >= 4 is 5.91 Å². The molecule has 2 unspecified atom stereocenters. The Bertz CT molecular complexity index is 277. The van der Waals surface area contributed by atoms with Gasteiger partial charge in [0.2, 0.25) is 5.91 Å². The fourth-order valence-corrected chi connectivity index (χ4v) is 2.78. The zero-order valence-electron chi connectivity index (χ0n) is 11.4. The van der Waals surface area contributed by atoms with E-state index >= 15 is 0 Å². The van der Waals surface area contributed by atoms with Crippen molar-refractivity contribution in [2.45, 2.75) is 44.8 Å². The second-order valence-corrected chi connectivity index (χ2v) is 5.49. The molecule has 0 aromatic rings. The Hall–Kier alpha value is -0.650. The molecule has 0 aliphatic carbocycles. The van der Waals surface area contributed by atoms with Crippen molar-refractivity contribution in [2.24, 2.45) is 0 Å². The van der Waals surface area contributed by atoms with Crippen molar-refractivity contribution in [1.29, 1.82) is 0 Å². The molecule has 2 heterocycles. The lowest BCUT2D eigenvalue weighted by atomic mass is 10.0. The number of morpholine rings is 1. The number of hydrogen-bond donors (Lipinski definition) is 2. The van der Waals surface area contributed by atoms with Crippen molar-refractivity contribution in [3.05, 3.63) is 0 Å².